The lowest BCUT2D eigenvalue weighted by Crippen LogP contribution is -2.07. The fourth-order valence-electron chi connectivity index (χ4n) is 1.93. The molecule has 112 valence electrons. The van der Waals surface area contributed by atoms with Crippen LogP contribution in [0.5, 0.6) is 0 Å². The van der Waals surface area contributed by atoms with Gasteiger partial charge in [-0.1, -0.05) is 22.9 Å². The third kappa shape index (κ3) is 3.91. The summed E-state index contributed by atoms with van der Waals surface area (Å²) in [7, 11) is 0. The summed E-state index contributed by atoms with van der Waals surface area (Å²) in [6.07, 6.45) is 2.13. The molecule has 4 nitrogen and oxygen atoms in total. The highest BCUT2D eigenvalue weighted by Gasteiger charge is 2.09. The highest BCUT2D eigenvalue weighted by atomic mass is 79.9. The van der Waals surface area contributed by atoms with Crippen molar-refractivity contribution in [1.82, 2.24) is 9.97 Å². The van der Waals surface area contributed by atoms with Crippen LogP contribution in [0.25, 0.3) is 0 Å². The molecule has 0 aliphatic carbocycles. The Balaban J connectivity index is 2.26. The van der Waals surface area contributed by atoms with Crippen molar-refractivity contribution in [2.45, 2.75) is 27.2 Å². The molecule has 2 aromatic rings. The SMILES string of the molecule is CCCNc1ncc(F)c(Nc2cc(C)c(Br)c(C)c2)n1. The predicted molar refractivity (Wildman–Crippen MR) is 87.7 cm³/mol. The molecule has 2 rings (SSSR count). The zero-order valence-corrected chi connectivity index (χ0v) is 13.9. The maximum absolute atomic E-state index is 13.8. The Morgan fingerprint density at radius 3 is 2.52 bits per heavy atom. The van der Waals surface area contributed by atoms with Gasteiger partial charge in [-0.05, 0) is 43.5 Å². The van der Waals surface area contributed by atoms with Crippen LogP contribution in [0.4, 0.5) is 21.8 Å². The second kappa shape index (κ2) is 6.85. The Kier molecular flexibility index (Phi) is 5.12. The lowest BCUT2D eigenvalue weighted by Gasteiger charge is -2.11. The van der Waals surface area contributed by atoms with E-state index in [0.717, 1.165) is 34.3 Å². The lowest BCUT2D eigenvalue weighted by molar-refractivity contribution is 0.619. The van der Waals surface area contributed by atoms with Crippen molar-refractivity contribution < 1.29 is 4.39 Å². The number of rotatable bonds is 5. The molecule has 0 aliphatic rings. The second-order valence-electron chi connectivity index (χ2n) is 4.87. The van der Waals surface area contributed by atoms with E-state index in [1.165, 1.54) is 6.20 Å². The topological polar surface area (TPSA) is 49.8 Å². The maximum Gasteiger partial charge on any atom is 0.224 e. The Labute approximate surface area is 132 Å². The first-order valence-corrected chi connectivity index (χ1v) is 7.60. The van der Waals surface area contributed by atoms with Gasteiger partial charge in [0.25, 0.3) is 0 Å². The molecule has 0 amide bonds. The van der Waals surface area contributed by atoms with E-state index in [-0.39, 0.29) is 5.82 Å². The van der Waals surface area contributed by atoms with Crippen molar-refractivity contribution >= 4 is 33.4 Å². The summed E-state index contributed by atoms with van der Waals surface area (Å²) in [6.45, 7) is 6.78. The Morgan fingerprint density at radius 2 is 1.90 bits per heavy atom. The molecule has 0 saturated carbocycles. The zero-order chi connectivity index (χ0) is 15.4. The van der Waals surface area contributed by atoms with Crippen molar-refractivity contribution in [2.75, 3.05) is 17.2 Å². The number of aryl methyl sites for hydroxylation is 2. The van der Waals surface area contributed by atoms with E-state index in [1.54, 1.807) is 0 Å². The summed E-state index contributed by atoms with van der Waals surface area (Å²) in [6, 6.07) is 3.88. The van der Waals surface area contributed by atoms with Gasteiger partial charge in [-0.2, -0.15) is 4.98 Å². The summed E-state index contributed by atoms with van der Waals surface area (Å²) < 4.78 is 14.9. The predicted octanol–water partition coefficient (Wildman–Crippen LogP) is 4.56. The molecule has 1 aromatic heterocycles. The van der Waals surface area contributed by atoms with Crippen LogP contribution in [0, 0.1) is 19.7 Å². The van der Waals surface area contributed by atoms with Crippen LogP contribution >= 0.6 is 15.9 Å². The van der Waals surface area contributed by atoms with E-state index in [1.807, 2.05) is 32.9 Å². The fraction of sp³-hybridized carbons (Fsp3) is 0.333. The molecule has 0 atom stereocenters. The summed E-state index contributed by atoms with van der Waals surface area (Å²) in [4.78, 5) is 8.09. The van der Waals surface area contributed by atoms with Crippen LogP contribution < -0.4 is 10.6 Å². The molecule has 0 radical (unpaired) electrons. The summed E-state index contributed by atoms with van der Waals surface area (Å²) in [5.41, 5.74) is 2.96. The molecular weight excluding hydrogens is 335 g/mol. The molecule has 0 fully saturated rings. The quantitative estimate of drug-likeness (QED) is 0.827. The number of hydrogen-bond donors (Lipinski definition) is 2. The van der Waals surface area contributed by atoms with Gasteiger partial charge in [0.15, 0.2) is 11.6 Å². The molecule has 21 heavy (non-hydrogen) atoms. The molecule has 0 unspecified atom stereocenters. The van der Waals surface area contributed by atoms with E-state index in [4.69, 9.17) is 0 Å². The van der Waals surface area contributed by atoms with Gasteiger partial charge in [-0.25, -0.2) is 9.37 Å². The molecule has 0 saturated heterocycles. The third-order valence-electron chi connectivity index (χ3n) is 2.98. The number of nitrogens with zero attached hydrogens (tertiary/aromatic N) is 2. The highest BCUT2D eigenvalue weighted by Crippen LogP contribution is 2.27. The van der Waals surface area contributed by atoms with E-state index < -0.39 is 5.82 Å². The Hall–Kier alpha value is -1.69. The van der Waals surface area contributed by atoms with Crippen LogP contribution in [-0.2, 0) is 0 Å². The van der Waals surface area contributed by atoms with Crippen molar-refractivity contribution in [3.05, 3.63) is 39.7 Å². The molecule has 0 spiro atoms. The van der Waals surface area contributed by atoms with Crippen molar-refractivity contribution in [3.63, 3.8) is 0 Å². The minimum Gasteiger partial charge on any atom is -0.354 e. The average molecular weight is 353 g/mol. The van der Waals surface area contributed by atoms with Gasteiger partial charge in [0, 0.05) is 16.7 Å². The van der Waals surface area contributed by atoms with Gasteiger partial charge in [-0.3, -0.25) is 0 Å². The summed E-state index contributed by atoms with van der Waals surface area (Å²) >= 11 is 3.52. The minimum atomic E-state index is -0.477. The normalized spacial score (nSPS) is 10.5. The number of aromatic nitrogens is 2. The first-order chi connectivity index (χ1) is 10.0. The van der Waals surface area contributed by atoms with E-state index in [0.29, 0.717) is 5.95 Å². The van der Waals surface area contributed by atoms with Gasteiger partial charge in [0.05, 0.1) is 6.20 Å². The van der Waals surface area contributed by atoms with Crippen LogP contribution in [0.2, 0.25) is 0 Å². The molecule has 0 bridgehead atoms. The van der Waals surface area contributed by atoms with Crippen molar-refractivity contribution in [3.8, 4) is 0 Å². The van der Waals surface area contributed by atoms with E-state index in [2.05, 4.69) is 36.5 Å². The number of anilines is 3. The van der Waals surface area contributed by atoms with Crippen LogP contribution in [0.3, 0.4) is 0 Å². The zero-order valence-electron chi connectivity index (χ0n) is 12.3. The number of benzene rings is 1. The van der Waals surface area contributed by atoms with Gasteiger partial charge in [0.1, 0.15) is 0 Å². The highest BCUT2D eigenvalue weighted by molar-refractivity contribution is 9.10. The fourth-order valence-corrected chi connectivity index (χ4v) is 2.16. The Morgan fingerprint density at radius 1 is 1.24 bits per heavy atom. The summed E-state index contributed by atoms with van der Waals surface area (Å²) in [5, 5.41) is 6.05. The van der Waals surface area contributed by atoms with Crippen LogP contribution in [0.15, 0.2) is 22.8 Å². The van der Waals surface area contributed by atoms with E-state index in [9.17, 15) is 4.39 Å². The van der Waals surface area contributed by atoms with Crippen molar-refractivity contribution in [1.29, 1.82) is 0 Å². The minimum absolute atomic E-state index is 0.171. The standard InChI is InChI=1S/C15H18BrFN4/c1-4-5-18-15-19-8-12(17)14(21-15)20-11-6-9(2)13(16)10(3)7-11/h6-8H,4-5H2,1-3H3,(H2,18,19,20,21). The number of halogens is 2. The smallest absolute Gasteiger partial charge is 0.224 e. The first-order valence-electron chi connectivity index (χ1n) is 6.81. The van der Waals surface area contributed by atoms with Crippen LogP contribution in [0.1, 0.15) is 24.5 Å². The van der Waals surface area contributed by atoms with Gasteiger partial charge in [-0.15, -0.1) is 0 Å². The largest absolute Gasteiger partial charge is 0.354 e. The second-order valence-corrected chi connectivity index (χ2v) is 5.66. The molecular formula is C15H18BrFN4. The summed E-state index contributed by atoms with van der Waals surface area (Å²) in [5.74, 6) is 0.117. The Bertz CT molecular complexity index is 623. The molecule has 6 heteroatoms. The molecule has 1 aromatic carbocycles. The number of nitrogens with one attached hydrogen (secondary N) is 2. The van der Waals surface area contributed by atoms with Gasteiger partial charge in [0.2, 0.25) is 5.95 Å². The van der Waals surface area contributed by atoms with Gasteiger partial charge < -0.3 is 10.6 Å². The van der Waals surface area contributed by atoms with E-state index >= 15 is 0 Å². The monoisotopic (exact) mass is 352 g/mol. The molecule has 1 heterocycles. The third-order valence-corrected chi connectivity index (χ3v) is 4.23. The lowest BCUT2D eigenvalue weighted by atomic mass is 10.1. The first kappa shape index (κ1) is 15.7. The average Bonchev–Trinajstić information content (AvgIpc) is 2.45. The molecule has 2 N–H and O–H groups in total. The van der Waals surface area contributed by atoms with Crippen molar-refractivity contribution in [2.24, 2.45) is 0 Å². The van der Waals surface area contributed by atoms with Crippen LogP contribution in [-0.4, -0.2) is 16.5 Å². The molecule has 0 aliphatic heterocycles. The maximum atomic E-state index is 13.8. The van der Waals surface area contributed by atoms with Gasteiger partial charge >= 0.3 is 0 Å². The number of hydrogen-bond acceptors (Lipinski definition) is 4.